The Kier molecular flexibility index (Phi) is 5.02. The molecule has 2 heterocycles. The molecule has 1 unspecified atom stereocenters. The summed E-state index contributed by atoms with van der Waals surface area (Å²) < 4.78 is 28.0. The number of anilines is 1. The fourth-order valence-corrected chi connectivity index (χ4v) is 5.76. The fourth-order valence-electron chi connectivity index (χ4n) is 4.07. The highest BCUT2D eigenvalue weighted by Gasteiger charge is 2.35. The molecule has 2 aromatic rings. The van der Waals surface area contributed by atoms with Crippen LogP contribution in [0.5, 0.6) is 0 Å². The molecule has 2 aromatic carbocycles. The van der Waals surface area contributed by atoms with E-state index < -0.39 is 10.0 Å². The van der Waals surface area contributed by atoms with Gasteiger partial charge in [0.15, 0.2) is 0 Å². The number of carbonyl (C=O) groups is 1. The molecule has 6 heteroatoms. The van der Waals surface area contributed by atoms with E-state index in [-0.39, 0.29) is 11.9 Å². The van der Waals surface area contributed by atoms with Crippen LogP contribution < -0.4 is 4.90 Å². The van der Waals surface area contributed by atoms with Gasteiger partial charge in [-0.05, 0) is 55.5 Å². The molecule has 0 saturated carbocycles. The van der Waals surface area contributed by atoms with E-state index in [0.29, 0.717) is 24.4 Å². The summed E-state index contributed by atoms with van der Waals surface area (Å²) in [6.07, 6.45) is 3.93. The maximum absolute atomic E-state index is 13.2. The summed E-state index contributed by atoms with van der Waals surface area (Å²) in [4.78, 5) is 13.9. The lowest BCUT2D eigenvalue weighted by atomic mass is 10.1. The summed E-state index contributed by atoms with van der Waals surface area (Å²) in [7, 11) is -3.53. The number of hydrogen-bond donors (Lipinski definition) is 0. The Hall–Kier alpha value is -2.18. The van der Waals surface area contributed by atoms with Crippen LogP contribution in [0.1, 0.15) is 31.2 Å². The van der Waals surface area contributed by atoms with E-state index in [1.807, 2.05) is 30.3 Å². The number of hydrogen-bond acceptors (Lipinski definition) is 3. The molecule has 0 aromatic heterocycles. The van der Waals surface area contributed by atoms with Crippen LogP contribution in [0.15, 0.2) is 59.5 Å². The van der Waals surface area contributed by atoms with Crippen LogP contribution in [0, 0.1) is 0 Å². The van der Waals surface area contributed by atoms with Crippen molar-refractivity contribution in [3.8, 4) is 0 Å². The van der Waals surface area contributed by atoms with Crippen molar-refractivity contribution in [3.63, 3.8) is 0 Å². The highest BCUT2D eigenvalue weighted by molar-refractivity contribution is 7.89. The summed E-state index contributed by atoms with van der Waals surface area (Å²) >= 11 is 0. The number of carbonyl (C=O) groups excluding carboxylic acids is 1. The second-order valence-corrected chi connectivity index (χ2v) is 9.13. The molecule has 1 atom stereocenters. The molecular weight excluding hydrogens is 360 g/mol. The van der Waals surface area contributed by atoms with E-state index >= 15 is 0 Å². The standard InChI is InChI=1S/C21H24N2O3S/c24-21-9-5-14-22(21)18-10-12-20(13-11-18)27(25,26)23-15-4-8-19(23)16-17-6-2-1-3-7-17/h1-3,6-7,10-13,19H,4-5,8-9,14-16H2. The summed E-state index contributed by atoms with van der Waals surface area (Å²) in [6.45, 7) is 1.27. The molecule has 1 amide bonds. The van der Waals surface area contributed by atoms with Gasteiger partial charge in [-0.2, -0.15) is 4.31 Å². The quantitative estimate of drug-likeness (QED) is 0.795. The molecule has 27 heavy (non-hydrogen) atoms. The van der Waals surface area contributed by atoms with Gasteiger partial charge < -0.3 is 4.90 Å². The van der Waals surface area contributed by atoms with Crippen LogP contribution in [-0.4, -0.2) is 37.8 Å². The Morgan fingerprint density at radius 3 is 2.33 bits per heavy atom. The Morgan fingerprint density at radius 2 is 1.67 bits per heavy atom. The van der Waals surface area contributed by atoms with Crippen molar-refractivity contribution in [2.24, 2.45) is 0 Å². The molecular formula is C21H24N2O3S. The Labute approximate surface area is 160 Å². The topological polar surface area (TPSA) is 57.7 Å². The summed E-state index contributed by atoms with van der Waals surface area (Å²) in [5, 5.41) is 0. The lowest BCUT2D eigenvalue weighted by Gasteiger charge is -2.24. The van der Waals surface area contributed by atoms with Crippen LogP contribution >= 0.6 is 0 Å². The summed E-state index contributed by atoms with van der Waals surface area (Å²) in [5.41, 5.74) is 1.94. The van der Waals surface area contributed by atoms with E-state index in [1.165, 1.54) is 0 Å². The molecule has 0 bridgehead atoms. The highest BCUT2D eigenvalue weighted by atomic mass is 32.2. The average molecular weight is 385 g/mol. The molecule has 4 rings (SSSR count). The smallest absolute Gasteiger partial charge is 0.243 e. The maximum Gasteiger partial charge on any atom is 0.243 e. The number of benzene rings is 2. The van der Waals surface area contributed by atoms with E-state index in [9.17, 15) is 13.2 Å². The SMILES string of the molecule is O=C1CCCN1c1ccc(S(=O)(=O)N2CCCC2Cc2ccccc2)cc1. The van der Waals surface area contributed by atoms with E-state index in [4.69, 9.17) is 0 Å². The minimum absolute atomic E-state index is 0.00256. The molecule has 0 radical (unpaired) electrons. The third-order valence-electron chi connectivity index (χ3n) is 5.47. The van der Waals surface area contributed by atoms with Gasteiger partial charge in [-0.1, -0.05) is 30.3 Å². The first-order valence-corrected chi connectivity index (χ1v) is 11.0. The molecule has 2 aliphatic heterocycles. The zero-order valence-electron chi connectivity index (χ0n) is 15.3. The maximum atomic E-state index is 13.2. The van der Waals surface area contributed by atoms with Gasteiger partial charge in [0, 0.05) is 31.2 Å². The third kappa shape index (κ3) is 3.64. The zero-order valence-corrected chi connectivity index (χ0v) is 16.1. The van der Waals surface area contributed by atoms with Gasteiger partial charge in [0.05, 0.1) is 4.90 Å². The van der Waals surface area contributed by atoms with Crippen molar-refractivity contribution in [1.29, 1.82) is 0 Å². The Morgan fingerprint density at radius 1 is 0.926 bits per heavy atom. The van der Waals surface area contributed by atoms with Crippen molar-refractivity contribution in [2.45, 2.75) is 43.0 Å². The van der Waals surface area contributed by atoms with Gasteiger partial charge in [0.25, 0.3) is 0 Å². The lowest BCUT2D eigenvalue weighted by Crippen LogP contribution is -2.36. The Bertz CT molecular complexity index is 910. The molecule has 5 nitrogen and oxygen atoms in total. The highest BCUT2D eigenvalue weighted by Crippen LogP contribution is 2.30. The van der Waals surface area contributed by atoms with Crippen molar-refractivity contribution < 1.29 is 13.2 Å². The normalized spacial score (nSPS) is 21.1. The minimum Gasteiger partial charge on any atom is -0.312 e. The predicted molar refractivity (Wildman–Crippen MR) is 105 cm³/mol. The van der Waals surface area contributed by atoms with Crippen LogP contribution in [0.25, 0.3) is 0 Å². The third-order valence-corrected chi connectivity index (χ3v) is 7.43. The van der Waals surface area contributed by atoms with Crippen LogP contribution in [0.2, 0.25) is 0 Å². The van der Waals surface area contributed by atoms with Gasteiger partial charge in [0.2, 0.25) is 15.9 Å². The first kappa shape index (κ1) is 18.2. The van der Waals surface area contributed by atoms with Crippen molar-refractivity contribution in [3.05, 3.63) is 60.2 Å². The van der Waals surface area contributed by atoms with E-state index in [1.54, 1.807) is 33.5 Å². The van der Waals surface area contributed by atoms with Gasteiger partial charge >= 0.3 is 0 Å². The molecule has 142 valence electrons. The van der Waals surface area contributed by atoms with Crippen LogP contribution in [0.4, 0.5) is 5.69 Å². The molecule has 0 N–H and O–H groups in total. The van der Waals surface area contributed by atoms with Crippen molar-refractivity contribution >= 4 is 21.6 Å². The second kappa shape index (κ2) is 7.44. The first-order chi connectivity index (χ1) is 13.1. The zero-order chi connectivity index (χ0) is 18.9. The van der Waals surface area contributed by atoms with Gasteiger partial charge in [-0.15, -0.1) is 0 Å². The van der Waals surface area contributed by atoms with Gasteiger partial charge in [0.1, 0.15) is 0 Å². The largest absolute Gasteiger partial charge is 0.312 e. The Balaban J connectivity index is 1.54. The molecule has 2 fully saturated rings. The van der Waals surface area contributed by atoms with Gasteiger partial charge in [-0.3, -0.25) is 4.79 Å². The fraction of sp³-hybridized carbons (Fsp3) is 0.381. The molecule has 0 spiro atoms. The average Bonchev–Trinajstić information content (AvgIpc) is 3.32. The monoisotopic (exact) mass is 384 g/mol. The van der Waals surface area contributed by atoms with Gasteiger partial charge in [-0.25, -0.2) is 8.42 Å². The predicted octanol–water partition coefficient (Wildman–Crippen LogP) is 3.21. The number of sulfonamides is 1. The van der Waals surface area contributed by atoms with E-state index in [0.717, 1.165) is 36.9 Å². The second-order valence-electron chi connectivity index (χ2n) is 7.24. The number of amides is 1. The molecule has 2 saturated heterocycles. The van der Waals surface area contributed by atoms with Crippen molar-refractivity contribution in [1.82, 2.24) is 4.31 Å². The van der Waals surface area contributed by atoms with Crippen LogP contribution in [0.3, 0.4) is 0 Å². The lowest BCUT2D eigenvalue weighted by molar-refractivity contribution is -0.117. The molecule has 2 aliphatic rings. The number of rotatable bonds is 5. The van der Waals surface area contributed by atoms with Crippen molar-refractivity contribution in [2.75, 3.05) is 18.0 Å². The minimum atomic E-state index is -3.53. The first-order valence-electron chi connectivity index (χ1n) is 9.52. The molecule has 0 aliphatic carbocycles. The van der Waals surface area contributed by atoms with Crippen LogP contribution in [-0.2, 0) is 21.2 Å². The number of nitrogens with zero attached hydrogens (tertiary/aromatic N) is 2. The van der Waals surface area contributed by atoms with E-state index in [2.05, 4.69) is 0 Å². The summed E-state index contributed by atoms with van der Waals surface area (Å²) in [6, 6.07) is 16.8. The summed E-state index contributed by atoms with van der Waals surface area (Å²) in [5.74, 6) is 0.105.